The van der Waals surface area contributed by atoms with Gasteiger partial charge in [0.15, 0.2) is 0 Å². The first kappa shape index (κ1) is 11.6. The van der Waals surface area contributed by atoms with E-state index in [0.29, 0.717) is 0 Å². The van der Waals surface area contributed by atoms with Gasteiger partial charge in [-0.1, -0.05) is 27.5 Å². The van der Waals surface area contributed by atoms with Gasteiger partial charge in [0, 0.05) is 19.1 Å². The van der Waals surface area contributed by atoms with Crippen LogP contribution in [0.25, 0.3) is 10.9 Å². The van der Waals surface area contributed by atoms with Gasteiger partial charge in [-0.05, 0) is 54.1 Å². The van der Waals surface area contributed by atoms with Crippen molar-refractivity contribution in [2.24, 2.45) is 0 Å². The highest BCUT2D eigenvalue weighted by Crippen LogP contribution is 2.35. The molecule has 1 aromatic heterocycles. The summed E-state index contributed by atoms with van der Waals surface area (Å²) < 4.78 is 2.12. The van der Waals surface area contributed by atoms with Crippen molar-refractivity contribution in [2.45, 2.75) is 13.8 Å². The van der Waals surface area contributed by atoms with E-state index in [1.54, 1.807) is 0 Å². The van der Waals surface area contributed by atoms with E-state index in [1.807, 2.05) is 26.0 Å². The van der Waals surface area contributed by atoms with E-state index in [4.69, 9.17) is 11.6 Å². The Hall–Kier alpha value is 0.130. The molecule has 0 atom stereocenters. The molecule has 15 heavy (non-hydrogen) atoms. The van der Waals surface area contributed by atoms with Crippen molar-refractivity contribution in [3.05, 3.63) is 36.5 Å². The van der Waals surface area contributed by atoms with Gasteiger partial charge in [-0.25, -0.2) is 0 Å². The average Bonchev–Trinajstić information content (AvgIpc) is 2.20. The lowest BCUT2D eigenvalue weighted by Gasteiger charge is -2.09. The van der Waals surface area contributed by atoms with Crippen LogP contribution in [0.1, 0.15) is 11.3 Å². The van der Waals surface area contributed by atoms with E-state index >= 15 is 0 Å². The van der Waals surface area contributed by atoms with Crippen LogP contribution in [0.2, 0.25) is 5.02 Å². The second kappa shape index (κ2) is 4.18. The first-order valence-electron chi connectivity index (χ1n) is 4.42. The molecular formula is C11H8BrClIN. The van der Waals surface area contributed by atoms with E-state index in [2.05, 4.69) is 43.5 Å². The molecule has 0 fully saturated rings. The summed E-state index contributed by atoms with van der Waals surface area (Å²) in [5.74, 6) is 0. The summed E-state index contributed by atoms with van der Waals surface area (Å²) in [5.41, 5.74) is 3.01. The Balaban J connectivity index is 3.04. The molecule has 2 aromatic rings. The quantitative estimate of drug-likeness (QED) is 0.579. The van der Waals surface area contributed by atoms with Crippen molar-refractivity contribution >= 4 is 61.0 Å². The standard InChI is InChI=1S/C11H8BrClIN/c1-5-6(2)15-11-8(14)4-3-7(12)9(11)10(5)13/h3-4H,1-2H3. The molecule has 1 heterocycles. The molecule has 0 amide bonds. The normalized spacial score (nSPS) is 11.0. The van der Waals surface area contributed by atoms with Crippen molar-refractivity contribution < 1.29 is 0 Å². The minimum atomic E-state index is 0.794. The van der Waals surface area contributed by atoms with Crippen LogP contribution in [-0.4, -0.2) is 4.98 Å². The SMILES string of the molecule is Cc1nc2c(I)ccc(Br)c2c(Cl)c1C. The monoisotopic (exact) mass is 395 g/mol. The molecule has 0 saturated heterocycles. The van der Waals surface area contributed by atoms with Crippen molar-refractivity contribution in [2.75, 3.05) is 0 Å². The second-order valence-corrected chi connectivity index (χ2v) is 5.78. The van der Waals surface area contributed by atoms with Gasteiger partial charge in [0.25, 0.3) is 0 Å². The van der Waals surface area contributed by atoms with Crippen LogP contribution in [0, 0.1) is 17.4 Å². The second-order valence-electron chi connectivity index (χ2n) is 3.39. The first-order chi connectivity index (χ1) is 7.02. The maximum absolute atomic E-state index is 6.34. The summed E-state index contributed by atoms with van der Waals surface area (Å²) in [5, 5.41) is 1.80. The fraction of sp³-hybridized carbons (Fsp3) is 0.182. The van der Waals surface area contributed by atoms with Gasteiger partial charge < -0.3 is 0 Å². The zero-order chi connectivity index (χ0) is 11.2. The van der Waals surface area contributed by atoms with Crippen LogP contribution in [-0.2, 0) is 0 Å². The van der Waals surface area contributed by atoms with E-state index in [1.165, 1.54) is 0 Å². The van der Waals surface area contributed by atoms with Crippen molar-refractivity contribution in [3.8, 4) is 0 Å². The third-order valence-corrected chi connectivity index (χ3v) is 4.45. The summed E-state index contributed by atoms with van der Waals surface area (Å²) in [6.45, 7) is 3.98. The van der Waals surface area contributed by atoms with Gasteiger partial charge in [-0.15, -0.1) is 0 Å². The minimum absolute atomic E-state index is 0.794. The zero-order valence-corrected chi connectivity index (χ0v) is 12.7. The van der Waals surface area contributed by atoms with Gasteiger partial charge in [0.05, 0.1) is 10.5 Å². The molecule has 1 nitrogen and oxygen atoms in total. The van der Waals surface area contributed by atoms with Crippen molar-refractivity contribution in [1.29, 1.82) is 0 Å². The number of fused-ring (bicyclic) bond motifs is 1. The average molecular weight is 396 g/mol. The number of aromatic nitrogens is 1. The van der Waals surface area contributed by atoms with E-state index in [-0.39, 0.29) is 0 Å². The third-order valence-electron chi connectivity index (χ3n) is 2.45. The maximum atomic E-state index is 6.34. The summed E-state index contributed by atoms with van der Waals surface area (Å²) in [6, 6.07) is 4.04. The number of hydrogen-bond acceptors (Lipinski definition) is 1. The zero-order valence-electron chi connectivity index (χ0n) is 8.24. The maximum Gasteiger partial charge on any atom is 0.0865 e. The lowest BCUT2D eigenvalue weighted by Crippen LogP contribution is -1.93. The van der Waals surface area contributed by atoms with Crippen LogP contribution in [0.3, 0.4) is 0 Å². The van der Waals surface area contributed by atoms with Crippen LogP contribution >= 0.6 is 50.1 Å². The molecule has 0 spiro atoms. The number of rotatable bonds is 0. The van der Waals surface area contributed by atoms with E-state index < -0.39 is 0 Å². The number of pyridine rings is 1. The highest BCUT2D eigenvalue weighted by atomic mass is 127. The van der Waals surface area contributed by atoms with Gasteiger partial charge in [-0.3, -0.25) is 4.98 Å². The summed E-state index contributed by atoms with van der Waals surface area (Å²) in [4.78, 5) is 4.57. The van der Waals surface area contributed by atoms with Crippen LogP contribution in [0.15, 0.2) is 16.6 Å². The molecule has 0 bridgehead atoms. The Morgan fingerprint density at radius 3 is 2.67 bits per heavy atom. The molecule has 0 radical (unpaired) electrons. The molecule has 0 aliphatic carbocycles. The first-order valence-corrected chi connectivity index (χ1v) is 6.67. The lowest BCUT2D eigenvalue weighted by atomic mass is 10.1. The number of nitrogens with zero attached hydrogens (tertiary/aromatic N) is 1. The molecule has 1 aromatic carbocycles. The van der Waals surface area contributed by atoms with Gasteiger partial charge in [0.1, 0.15) is 0 Å². The largest absolute Gasteiger partial charge is 0.252 e. The Morgan fingerprint density at radius 2 is 2.00 bits per heavy atom. The summed E-state index contributed by atoms with van der Waals surface area (Å²) in [6.07, 6.45) is 0. The van der Waals surface area contributed by atoms with Crippen LogP contribution < -0.4 is 0 Å². The molecule has 2 rings (SSSR count). The third kappa shape index (κ3) is 1.89. The number of aryl methyl sites for hydroxylation is 1. The Morgan fingerprint density at radius 1 is 1.33 bits per heavy atom. The van der Waals surface area contributed by atoms with Gasteiger partial charge in [-0.2, -0.15) is 0 Å². The highest BCUT2D eigenvalue weighted by molar-refractivity contribution is 14.1. The smallest absolute Gasteiger partial charge is 0.0865 e. The fourth-order valence-electron chi connectivity index (χ4n) is 1.46. The lowest BCUT2D eigenvalue weighted by molar-refractivity contribution is 1.19. The Kier molecular flexibility index (Phi) is 3.24. The molecule has 78 valence electrons. The highest BCUT2D eigenvalue weighted by Gasteiger charge is 2.12. The van der Waals surface area contributed by atoms with Crippen LogP contribution in [0.5, 0.6) is 0 Å². The molecule has 0 saturated carbocycles. The van der Waals surface area contributed by atoms with E-state index in [9.17, 15) is 0 Å². The fourth-order valence-corrected chi connectivity index (χ4v) is 2.99. The predicted octanol–water partition coefficient (Wildman–Crippen LogP) is 4.87. The van der Waals surface area contributed by atoms with Crippen molar-refractivity contribution in [3.63, 3.8) is 0 Å². The Labute approximate surface area is 115 Å². The number of benzene rings is 1. The molecule has 0 aliphatic heterocycles. The topological polar surface area (TPSA) is 12.9 Å². The predicted molar refractivity (Wildman–Crippen MR) is 76.6 cm³/mol. The molecular weight excluding hydrogens is 388 g/mol. The Bertz CT molecular complexity index is 554. The van der Waals surface area contributed by atoms with Gasteiger partial charge in [0.2, 0.25) is 0 Å². The minimum Gasteiger partial charge on any atom is -0.252 e. The number of halogens is 3. The van der Waals surface area contributed by atoms with Crippen LogP contribution in [0.4, 0.5) is 0 Å². The molecule has 0 unspecified atom stereocenters. The van der Waals surface area contributed by atoms with Crippen molar-refractivity contribution in [1.82, 2.24) is 4.98 Å². The molecule has 0 N–H and O–H groups in total. The molecule has 4 heteroatoms. The van der Waals surface area contributed by atoms with Gasteiger partial charge >= 0.3 is 0 Å². The number of hydrogen-bond donors (Lipinski definition) is 0. The molecule has 0 aliphatic rings. The summed E-state index contributed by atoms with van der Waals surface area (Å²) >= 11 is 12.1. The van der Waals surface area contributed by atoms with E-state index in [0.717, 1.165) is 35.2 Å². The summed E-state index contributed by atoms with van der Waals surface area (Å²) in [7, 11) is 0.